The monoisotopic (exact) mass is 1770 g/mol. The molecule has 0 saturated heterocycles. The molecule has 0 radical (unpaired) electrons. The predicted molar refractivity (Wildman–Crippen MR) is 445 cm³/mol. The van der Waals surface area contributed by atoms with Gasteiger partial charge in [-0.1, -0.05) is 68.7 Å². The molecule has 0 unspecified atom stereocenters. The molecular formula is C79H115N23O24. The number of hydrogen-bond acceptors (Lipinski definition) is 26. The Labute approximate surface area is 723 Å². The molecule has 47 heteroatoms. The van der Waals surface area contributed by atoms with E-state index in [2.05, 4.69) is 94.0 Å². The summed E-state index contributed by atoms with van der Waals surface area (Å²) < 4.78 is 0. The Bertz CT molecular complexity index is 4340. The normalized spacial score (nSPS) is 14.8. The molecule has 29 N–H and O–H groups in total. The lowest BCUT2D eigenvalue weighted by Crippen LogP contribution is -2.61. The zero-order chi connectivity index (χ0) is 93.7. The number of aromatic amines is 1. The van der Waals surface area contributed by atoms with Crippen molar-refractivity contribution in [2.75, 3.05) is 19.7 Å². The van der Waals surface area contributed by atoms with Crippen molar-refractivity contribution in [1.29, 1.82) is 0 Å². The summed E-state index contributed by atoms with van der Waals surface area (Å²) in [5.74, 6) is -21.4. The van der Waals surface area contributed by atoms with Gasteiger partial charge in [0.15, 0.2) is 5.96 Å². The molecule has 0 fully saturated rings. The van der Waals surface area contributed by atoms with Crippen LogP contribution in [0, 0.1) is 0 Å². The van der Waals surface area contributed by atoms with E-state index in [0.29, 0.717) is 42.5 Å². The van der Waals surface area contributed by atoms with Gasteiger partial charge in [0.1, 0.15) is 84.6 Å². The first-order valence-electron chi connectivity index (χ1n) is 40.5. The summed E-state index contributed by atoms with van der Waals surface area (Å²) in [7, 11) is 0. The fourth-order valence-corrected chi connectivity index (χ4v) is 12.1. The average molecular weight is 1770 g/mol. The topological polar surface area (TPSA) is 768 Å². The number of aromatic nitrogens is 4. The van der Waals surface area contributed by atoms with Crippen molar-refractivity contribution < 1.29 is 117 Å². The number of rotatable bonds is 58. The lowest BCUT2D eigenvalue weighted by atomic mass is 10.0. The van der Waals surface area contributed by atoms with E-state index in [0.717, 1.165) is 6.92 Å². The molecule has 126 heavy (non-hydrogen) atoms. The van der Waals surface area contributed by atoms with E-state index in [1.807, 2.05) is 5.32 Å². The molecule has 3 aromatic heterocycles. The van der Waals surface area contributed by atoms with Gasteiger partial charge in [-0.2, -0.15) is 0 Å². The minimum atomic E-state index is -1.94. The number of aliphatic hydroxyl groups is 2. The van der Waals surface area contributed by atoms with Crippen LogP contribution in [0.1, 0.15) is 140 Å². The molecular weight excluding hydrogens is 1660 g/mol. The first kappa shape index (κ1) is 105. The van der Waals surface area contributed by atoms with E-state index < -0.39 is 248 Å². The quantitative estimate of drug-likeness (QED) is 0.0111. The van der Waals surface area contributed by atoms with Gasteiger partial charge in [-0.15, -0.1) is 0 Å². The predicted octanol–water partition coefficient (Wildman–Crippen LogP) is -7.32. The number of nitrogens with zero attached hydrogens (tertiary/aromatic N) is 4. The molecule has 4 rings (SSSR count). The number of nitrogens with two attached hydrogens (primary N) is 4. The van der Waals surface area contributed by atoms with E-state index >= 15 is 0 Å². The Hall–Kier alpha value is -13.7. The molecule has 3 heterocycles. The van der Waals surface area contributed by atoms with Crippen molar-refractivity contribution in [1.82, 2.24) is 94.4 Å². The average Bonchev–Trinajstić information content (AvgIpc) is 1.08. The van der Waals surface area contributed by atoms with Crippen molar-refractivity contribution in [2.24, 2.45) is 27.9 Å². The number of carboxylic acid groups (broad SMARTS) is 4. The van der Waals surface area contributed by atoms with E-state index in [-0.39, 0.29) is 69.6 Å². The third-order valence-electron chi connectivity index (χ3n) is 19.2. The second kappa shape index (κ2) is 54.7. The highest BCUT2D eigenvalue weighted by Gasteiger charge is 2.39. The van der Waals surface area contributed by atoms with Crippen molar-refractivity contribution in [3.05, 3.63) is 114 Å². The van der Waals surface area contributed by atoms with Crippen LogP contribution >= 0.6 is 0 Å². The number of carbonyl (C=O) groups is 18. The van der Waals surface area contributed by atoms with Gasteiger partial charge in [-0.05, 0) is 108 Å². The molecule has 16 atom stereocenters. The van der Waals surface area contributed by atoms with E-state index in [4.69, 9.17) is 22.9 Å². The lowest BCUT2D eigenvalue weighted by Gasteiger charge is -2.28. The first-order chi connectivity index (χ1) is 59.7. The number of carbonyl (C=O) groups excluding carboxylic acids is 14. The standard InChI is InChI=1S/C79H115N23O24/c1-6-7-21-50(68(115)100-58(35-62(109)110)76(123)101-59(39-103)78(125)126)94-75(122)57(34-48-38-86-40-88-48)99-74(121)56(33-47-19-14-29-85-37-47)97-69(116)51(22-15-30-87-79(82)83)93-70(117)52(23-25-60(105)106)95-72(119)54(31-45-16-9-8-10-17-45)98-73(120)55(32-46-18-13-28-84-36-46)96-66(113)43(4)90-64(111)41(2)89-65(112)42(3)91-77(124)63(44(5)104)102-71(118)53(24-26-61(107)108)92-67(114)49(81)20-11-12-27-80/h8-10,13-14,16-19,28-29,36-38,40-44,49-59,63,103-104H,6-7,11-12,15,20-27,30-35,39,80-81H2,1-5H3,(H,86,88)(H,89,112)(H,90,111)(H,91,124)(H,92,114)(H,93,117)(H,94,122)(H,95,119)(H,96,113)(H,97,116)(H,98,120)(H,99,121)(H,100,115)(H,101,123)(H,102,118)(H,105,106)(H,107,108)(H,109,110)(H,125,126)(H4,82,83,87)/t41-,42-,43-,44+,49-,50-,51-,52-,53-,54-,55-,56-,57-,58-,59-,63-/m0/s1. The molecule has 0 aliphatic heterocycles. The molecule has 0 aliphatic rings. The summed E-state index contributed by atoms with van der Waals surface area (Å²) in [5.41, 5.74) is 24.0. The number of hydrogen-bond donors (Lipinski definition) is 25. The summed E-state index contributed by atoms with van der Waals surface area (Å²) in [6.45, 7) is 5.54. The van der Waals surface area contributed by atoms with Gasteiger partial charge in [0.05, 0.1) is 37.2 Å². The second-order valence-electron chi connectivity index (χ2n) is 29.6. The molecule has 47 nitrogen and oxygen atoms in total. The van der Waals surface area contributed by atoms with Gasteiger partial charge in [0.2, 0.25) is 82.7 Å². The fourth-order valence-electron chi connectivity index (χ4n) is 12.1. The highest BCUT2D eigenvalue weighted by molar-refractivity contribution is 6.01. The number of aliphatic carboxylic acids is 4. The smallest absolute Gasteiger partial charge is 0.328 e. The molecule has 0 aliphatic carbocycles. The van der Waals surface area contributed by atoms with Crippen LogP contribution < -0.4 is 97.4 Å². The Balaban J connectivity index is 1.63. The Morgan fingerprint density at radius 3 is 1.22 bits per heavy atom. The SMILES string of the molecule is CCCC[C@H](NC(=O)[C@H](Cc1c[nH]cn1)NC(=O)[C@H](Cc1cccnc1)NC(=O)[C@H](CCCN=C(N)N)NC(=O)[C@H](CCC(=O)O)NC(=O)[C@H](Cc1ccccc1)NC(=O)[C@H](Cc1cccnc1)NC(=O)[C@H](C)NC(=O)[C@H](C)NC(=O)[C@H](C)NC(=O)[C@@H](NC(=O)[C@H](CCC(=O)O)NC(=O)[C@@H](N)CCCCN)[C@@H](C)O)C(=O)N[C@@H](CC(=O)O)C(=O)N[C@@H](CO)C(=O)O. The van der Waals surface area contributed by atoms with E-state index in [9.17, 15) is 117 Å². The number of benzene rings is 1. The summed E-state index contributed by atoms with van der Waals surface area (Å²) >= 11 is 0. The number of carboxylic acids is 4. The van der Waals surface area contributed by atoms with Crippen LogP contribution in [0.25, 0.3) is 0 Å². The first-order valence-corrected chi connectivity index (χ1v) is 40.5. The maximum atomic E-state index is 15.0. The molecule has 1 aromatic carbocycles. The van der Waals surface area contributed by atoms with Crippen LogP contribution in [0.3, 0.4) is 0 Å². The van der Waals surface area contributed by atoms with E-state index in [1.165, 1.54) is 76.3 Å². The minimum Gasteiger partial charge on any atom is -0.481 e. The number of imidazole rings is 1. The van der Waals surface area contributed by atoms with Gasteiger partial charge < -0.3 is 133 Å². The lowest BCUT2D eigenvalue weighted by molar-refractivity contribution is -0.144. The highest BCUT2D eigenvalue weighted by atomic mass is 16.4. The third-order valence-corrected chi connectivity index (χ3v) is 19.2. The van der Waals surface area contributed by atoms with Crippen LogP contribution in [-0.2, 0) is 112 Å². The van der Waals surface area contributed by atoms with Crippen LogP contribution in [-0.4, -0.2) is 280 Å². The Morgan fingerprint density at radius 2 is 0.810 bits per heavy atom. The second-order valence-corrected chi connectivity index (χ2v) is 29.6. The van der Waals surface area contributed by atoms with Gasteiger partial charge in [-0.3, -0.25) is 96.5 Å². The van der Waals surface area contributed by atoms with E-state index in [1.54, 1.807) is 43.3 Å². The molecule has 14 amide bonds. The maximum absolute atomic E-state index is 15.0. The van der Waals surface area contributed by atoms with Crippen LogP contribution in [0.15, 0.2) is 96.9 Å². The molecule has 0 spiro atoms. The third kappa shape index (κ3) is 38.4. The number of aliphatic hydroxyl groups excluding tert-OH is 2. The largest absolute Gasteiger partial charge is 0.481 e. The van der Waals surface area contributed by atoms with Gasteiger partial charge in [0.25, 0.3) is 0 Å². The summed E-state index contributed by atoms with van der Waals surface area (Å²) in [5, 5.41) is 92.4. The van der Waals surface area contributed by atoms with Crippen LogP contribution in [0.5, 0.6) is 0 Å². The zero-order valence-corrected chi connectivity index (χ0v) is 70.2. The molecule has 0 bridgehead atoms. The Morgan fingerprint density at radius 1 is 0.421 bits per heavy atom. The number of nitrogens with one attached hydrogen (secondary N) is 15. The van der Waals surface area contributed by atoms with Gasteiger partial charge >= 0.3 is 23.9 Å². The summed E-state index contributed by atoms with van der Waals surface area (Å²) in [4.78, 5) is 264. The number of unbranched alkanes of at least 4 members (excludes halogenated alkanes) is 2. The van der Waals surface area contributed by atoms with Crippen molar-refractivity contribution >= 4 is 113 Å². The number of amides is 14. The molecule has 4 aromatic rings. The highest BCUT2D eigenvalue weighted by Crippen LogP contribution is 2.15. The summed E-state index contributed by atoms with van der Waals surface area (Å²) in [6, 6.07) is -10.4. The van der Waals surface area contributed by atoms with Gasteiger partial charge in [0, 0.05) is 76.1 Å². The maximum Gasteiger partial charge on any atom is 0.328 e. The zero-order valence-electron chi connectivity index (χ0n) is 70.2. The minimum absolute atomic E-state index is 0.0808. The van der Waals surface area contributed by atoms with Crippen LogP contribution in [0.2, 0.25) is 0 Å². The van der Waals surface area contributed by atoms with Crippen LogP contribution in [0.4, 0.5) is 0 Å². The Kier molecular flexibility index (Phi) is 45.4. The van der Waals surface area contributed by atoms with Gasteiger partial charge in [-0.25, -0.2) is 9.78 Å². The number of guanidine groups is 1. The number of H-pyrrole nitrogens is 1. The van der Waals surface area contributed by atoms with Crippen molar-refractivity contribution in [3.8, 4) is 0 Å². The number of aliphatic imine (C=N–C) groups is 1. The summed E-state index contributed by atoms with van der Waals surface area (Å²) in [6.07, 6.45) is 2.76. The molecule has 690 valence electrons. The molecule has 0 saturated carbocycles. The fraction of sp³-hybridized carbons (Fsp3) is 0.519. The number of pyridine rings is 2. The van der Waals surface area contributed by atoms with Crippen molar-refractivity contribution in [3.63, 3.8) is 0 Å². The van der Waals surface area contributed by atoms with Crippen molar-refractivity contribution in [2.45, 2.75) is 241 Å².